The third-order valence-electron chi connectivity index (χ3n) is 3.71. The Labute approximate surface area is 142 Å². The number of hydrogen-bond donors (Lipinski definition) is 0. The number of amides is 1. The Hall–Kier alpha value is -1.65. The molecule has 112 valence electrons. The van der Waals surface area contributed by atoms with Gasteiger partial charge in [-0.3, -0.25) is 9.79 Å². The maximum Gasteiger partial charge on any atom is 0.251 e. The zero-order chi connectivity index (χ0) is 15.9. The van der Waals surface area contributed by atoms with Crippen molar-refractivity contribution in [2.24, 2.45) is 4.99 Å². The second kappa shape index (κ2) is 5.86. The first-order valence-corrected chi connectivity index (χ1v) is 8.06. The summed E-state index contributed by atoms with van der Waals surface area (Å²) < 4.78 is 0.932. The summed E-state index contributed by atoms with van der Waals surface area (Å²) in [4.78, 5) is 18.7. The maximum atomic E-state index is 12.4. The van der Waals surface area contributed by atoms with Gasteiger partial charge in [-0.25, -0.2) is 0 Å². The molecule has 1 unspecified atom stereocenters. The van der Waals surface area contributed by atoms with E-state index < -0.39 is 6.04 Å². The van der Waals surface area contributed by atoms with Crippen molar-refractivity contribution in [2.45, 2.75) is 13.0 Å². The van der Waals surface area contributed by atoms with Crippen LogP contribution in [-0.2, 0) is 4.79 Å². The monoisotopic (exact) mass is 376 g/mol. The third kappa shape index (κ3) is 2.57. The molecule has 0 saturated carbocycles. The minimum atomic E-state index is -0.456. The molecule has 0 spiro atoms. The summed E-state index contributed by atoms with van der Waals surface area (Å²) in [6, 6.07) is 12.9. The van der Waals surface area contributed by atoms with Gasteiger partial charge in [0, 0.05) is 27.7 Å². The van der Waals surface area contributed by atoms with Crippen LogP contribution in [-0.4, -0.2) is 24.7 Å². The molecule has 0 aliphatic carbocycles. The van der Waals surface area contributed by atoms with Crippen molar-refractivity contribution in [1.29, 1.82) is 0 Å². The molecule has 3 rings (SSSR count). The van der Waals surface area contributed by atoms with Crippen LogP contribution in [0.3, 0.4) is 0 Å². The van der Waals surface area contributed by atoms with Gasteiger partial charge < -0.3 is 4.90 Å². The molecule has 22 heavy (non-hydrogen) atoms. The number of carbonyl (C=O) groups excluding carboxylic acids is 1. The van der Waals surface area contributed by atoms with Gasteiger partial charge in [-0.2, -0.15) is 0 Å². The lowest BCUT2D eigenvalue weighted by atomic mass is 10.0. The van der Waals surface area contributed by atoms with Crippen molar-refractivity contribution in [1.82, 2.24) is 0 Å². The largest absolute Gasteiger partial charge is 0.313 e. The van der Waals surface area contributed by atoms with Crippen LogP contribution in [0.4, 0.5) is 5.69 Å². The highest BCUT2D eigenvalue weighted by molar-refractivity contribution is 9.10. The molecule has 1 aliphatic heterocycles. The van der Waals surface area contributed by atoms with Gasteiger partial charge in [-0.05, 0) is 31.2 Å². The summed E-state index contributed by atoms with van der Waals surface area (Å²) in [5.74, 6) is -0.0365. The fourth-order valence-electron chi connectivity index (χ4n) is 2.58. The molecule has 1 atom stereocenters. The lowest BCUT2D eigenvalue weighted by molar-refractivity contribution is -0.119. The van der Waals surface area contributed by atoms with Crippen LogP contribution in [0, 0.1) is 0 Å². The molecular formula is C17H14BrClN2O. The smallest absolute Gasteiger partial charge is 0.251 e. The number of carbonyl (C=O) groups is 1. The van der Waals surface area contributed by atoms with Crippen molar-refractivity contribution in [3.63, 3.8) is 0 Å². The average Bonchev–Trinajstić information content (AvgIpc) is 2.59. The predicted octanol–water partition coefficient (Wildman–Crippen LogP) is 4.30. The first kappa shape index (κ1) is 15.3. The molecule has 5 heteroatoms. The minimum absolute atomic E-state index is 0.0365. The first-order valence-electron chi connectivity index (χ1n) is 6.89. The van der Waals surface area contributed by atoms with Gasteiger partial charge in [0.1, 0.15) is 6.04 Å². The topological polar surface area (TPSA) is 32.7 Å². The number of nitrogens with zero attached hydrogens (tertiary/aromatic N) is 2. The van der Waals surface area contributed by atoms with Crippen LogP contribution >= 0.6 is 27.5 Å². The lowest BCUT2D eigenvalue weighted by Gasteiger charge is -2.19. The molecule has 0 aromatic heterocycles. The number of rotatable bonds is 1. The number of halogens is 2. The van der Waals surface area contributed by atoms with Gasteiger partial charge in [-0.1, -0.05) is 45.7 Å². The Kier molecular flexibility index (Phi) is 4.06. The van der Waals surface area contributed by atoms with Gasteiger partial charge in [0.2, 0.25) is 0 Å². The number of likely N-dealkylation sites (N-methyl/N-ethyl adjacent to an activating group) is 1. The minimum Gasteiger partial charge on any atom is -0.313 e. The highest BCUT2D eigenvalue weighted by Gasteiger charge is 2.27. The number of anilines is 1. The van der Waals surface area contributed by atoms with E-state index in [-0.39, 0.29) is 5.91 Å². The SMILES string of the molecule is CC1N=C(c2ccccc2Cl)c2cc(Br)ccc2N(C)C1=O. The third-order valence-corrected chi connectivity index (χ3v) is 4.54. The van der Waals surface area contributed by atoms with Crippen LogP contribution in [0.25, 0.3) is 0 Å². The van der Waals surface area contributed by atoms with Gasteiger partial charge in [0.05, 0.1) is 11.4 Å². The summed E-state index contributed by atoms with van der Waals surface area (Å²) in [6.07, 6.45) is 0. The molecule has 1 heterocycles. The highest BCUT2D eigenvalue weighted by Crippen LogP contribution is 2.32. The van der Waals surface area contributed by atoms with Gasteiger partial charge in [0.15, 0.2) is 0 Å². The lowest BCUT2D eigenvalue weighted by Crippen LogP contribution is -2.32. The number of benzene rings is 2. The van der Waals surface area contributed by atoms with E-state index in [9.17, 15) is 4.79 Å². The second-order valence-electron chi connectivity index (χ2n) is 5.19. The van der Waals surface area contributed by atoms with E-state index in [4.69, 9.17) is 11.6 Å². The van der Waals surface area contributed by atoms with E-state index in [0.717, 1.165) is 27.0 Å². The Morgan fingerprint density at radius 2 is 1.91 bits per heavy atom. The fourth-order valence-corrected chi connectivity index (χ4v) is 3.16. The van der Waals surface area contributed by atoms with Crippen LogP contribution in [0.1, 0.15) is 18.1 Å². The highest BCUT2D eigenvalue weighted by atomic mass is 79.9. The zero-order valence-corrected chi connectivity index (χ0v) is 14.5. The first-order chi connectivity index (χ1) is 10.5. The number of benzodiazepines with no additional fused rings is 1. The molecule has 2 aromatic rings. The Morgan fingerprint density at radius 1 is 1.18 bits per heavy atom. The molecule has 0 N–H and O–H groups in total. The molecule has 0 bridgehead atoms. The number of aliphatic imine (C=N–C) groups is 1. The summed E-state index contributed by atoms with van der Waals surface area (Å²) in [7, 11) is 1.77. The van der Waals surface area contributed by atoms with Crippen molar-refractivity contribution in [2.75, 3.05) is 11.9 Å². The normalized spacial score (nSPS) is 17.8. The van der Waals surface area contributed by atoms with Crippen LogP contribution < -0.4 is 4.90 Å². The molecule has 0 radical (unpaired) electrons. The number of fused-ring (bicyclic) bond motifs is 1. The summed E-state index contributed by atoms with van der Waals surface area (Å²) in [5.41, 5.74) is 3.30. The van der Waals surface area contributed by atoms with Crippen molar-refractivity contribution in [3.8, 4) is 0 Å². The van der Waals surface area contributed by atoms with Crippen molar-refractivity contribution in [3.05, 3.63) is 63.1 Å². The second-order valence-corrected chi connectivity index (χ2v) is 6.52. The van der Waals surface area contributed by atoms with E-state index in [1.54, 1.807) is 18.9 Å². The fraction of sp³-hybridized carbons (Fsp3) is 0.176. The van der Waals surface area contributed by atoms with Crippen LogP contribution in [0.5, 0.6) is 0 Å². The van der Waals surface area contributed by atoms with Crippen LogP contribution in [0.15, 0.2) is 51.9 Å². The summed E-state index contributed by atoms with van der Waals surface area (Å²) in [6.45, 7) is 1.80. The zero-order valence-electron chi connectivity index (χ0n) is 12.2. The standard InChI is InChI=1S/C17H14BrClN2O/c1-10-17(22)21(2)15-8-7-11(18)9-13(15)16(20-10)12-5-3-4-6-14(12)19/h3-10H,1-2H3. The Bertz CT molecular complexity index is 788. The Morgan fingerprint density at radius 3 is 2.64 bits per heavy atom. The van der Waals surface area contributed by atoms with Crippen LogP contribution in [0.2, 0.25) is 5.02 Å². The summed E-state index contributed by atoms with van der Waals surface area (Å²) in [5, 5.41) is 0.622. The van der Waals surface area contributed by atoms with E-state index in [1.165, 1.54) is 0 Å². The number of hydrogen-bond acceptors (Lipinski definition) is 2. The van der Waals surface area contributed by atoms with E-state index in [2.05, 4.69) is 20.9 Å². The van der Waals surface area contributed by atoms with Gasteiger partial charge in [-0.15, -0.1) is 0 Å². The summed E-state index contributed by atoms with van der Waals surface area (Å²) >= 11 is 9.84. The molecule has 0 fully saturated rings. The molecule has 0 saturated heterocycles. The Balaban J connectivity index is 2.31. The molecule has 2 aromatic carbocycles. The quantitative estimate of drug-likeness (QED) is 0.729. The van der Waals surface area contributed by atoms with Gasteiger partial charge in [0.25, 0.3) is 5.91 Å². The van der Waals surface area contributed by atoms with E-state index in [1.807, 2.05) is 42.5 Å². The van der Waals surface area contributed by atoms with Crippen molar-refractivity contribution >= 4 is 44.8 Å². The van der Waals surface area contributed by atoms with E-state index >= 15 is 0 Å². The molecule has 1 aliphatic rings. The maximum absolute atomic E-state index is 12.4. The molecule has 3 nitrogen and oxygen atoms in total. The predicted molar refractivity (Wildman–Crippen MR) is 94.1 cm³/mol. The molecular weight excluding hydrogens is 364 g/mol. The average molecular weight is 378 g/mol. The van der Waals surface area contributed by atoms with Crippen molar-refractivity contribution < 1.29 is 4.79 Å². The van der Waals surface area contributed by atoms with E-state index in [0.29, 0.717) is 5.02 Å². The van der Waals surface area contributed by atoms with Gasteiger partial charge >= 0.3 is 0 Å². The molecule has 1 amide bonds.